The van der Waals surface area contributed by atoms with Crippen LogP contribution in [0.1, 0.15) is 23.2 Å². The fourth-order valence-electron chi connectivity index (χ4n) is 3.45. The van der Waals surface area contributed by atoms with Crippen LogP contribution in [0.4, 0.5) is 4.39 Å². The summed E-state index contributed by atoms with van der Waals surface area (Å²) >= 11 is 5.73. The summed E-state index contributed by atoms with van der Waals surface area (Å²) in [4.78, 5) is 28.4. The number of piperazine rings is 1. The van der Waals surface area contributed by atoms with Crippen molar-refractivity contribution in [1.29, 1.82) is 0 Å². The zero-order valence-electron chi connectivity index (χ0n) is 14.9. The van der Waals surface area contributed by atoms with Crippen molar-refractivity contribution < 1.29 is 18.7 Å². The van der Waals surface area contributed by atoms with Gasteiger partial charge in [-0.2, -0.15) is 0 Å². The SMILES string of the molecule is Cl.NC(C(=O)N1CCN(C(=O)c2ccc(Cl)cc2F)CC1)C1CCOCC1. The molecule has 2 amide bonds. The van der Waals surface area contributed by atoms with Crippen LogP contribution in [-0.2, 0) is 9.53 Å². The summed E-state index contributed by atoms with van der Waals surface area (Å²) in [5, 5.41) is 0.247. The van der Waals surface area contributed by atoms with Crippen molar-refractivity contribution in [2.24, 2.45) is 11.7 Å². The van der Waals surface area contributed by atoms with Gasteiger partial charge in [-0.3, -0.25) is 9.59 Å². The summed E-state index contributed by atoms with van der Waals surface area (Å²) in [6.07, 6.45) is 1.59. The number of carbonyl (C=O) groups excluding carboxylic acids is 2. The van der Waals surface area contributed by atoms with Crippen LogP contribution < -0.4 is 5.73 Å². The molecular formula is C18H24Cl2FN3O3. The highest BCUT2D eigenvalue weighted by Gasteiger charge is 2.32. The minimum Gasteiger partial charge on any atom is -0.381 e. The number of nitrogens with zero attached hydrogens (tertiary/aromatic N) is 2. The van der Waals surface area contributed by atoms with E-state index in [0.717, 1.165) is 18.9 Å². The molecule has 9 heteroatoms. The van der Waals surface area contributed by atoms with Crippen LogP contribution in [-0.4, -0.2) is 67.0 Å². The minimum absolute atomic E-state index is 0. The molecule has 0 bridgehead atoms. The van der Waals surface area contributed by atoms with Gasteiger partial charge in [0.2, 0.25) is 5.91 Å². The van der Waals surface area contributed by atoms with Gasteiger partial charge in [0.1, 0.15) is 5.82 Å². The molecule has 2 saturated heterocycles. The average Bonchev–Trinajstić information content (AvgIpc) is 2.67. The molecule has 0 radical (unpaired) electrons. The van der Waals surface area contributed by atoms with Gasteiger partial charge >= 0.3 is 0 Å². The van der Waals surface area contributed by atoms with Crippen LogP contribution in [0, 0.1) is 11.7 Å². The van der Waals surface area contributed by atoms with E-state index in [9.17, 15) is 14.0 Å². The summed E-state index contributed by atoms with van der Waals surface area (Å²) in [6.45, 7) is 2.79. The van der Waals surface area contributed by atoms with Crippen LogP contribution in [0.3, 0.4) is 0 Å². The van der Waals surface area contributed by atoms with Gasteiger partial charge in [-0.15, -0.1) is 12.4 Å². The maximum atomic E-state index is 13.9. The Kier molecular flexibility index (Phi) is 7.85. The van der Waals surface area contributed by atoms with Crippen LogP contribution in [0.2, 0.25) is 5.02 Å². The van der Waals surface area contributed by atoms with Crippen LogP contribution in [0.5, 0.6) is 0 Å². The predicted octanol–water partition coefficient (Wildman–Crippen LogP) is 1.94. The van der Waals surface area contributed by atoms with Gasteiger partial charge in [0.05, 0.1) is 11.6 Å². The summed E-state index contributed by atoms with van der Waals surface area (Å²) in [5.74, 6) is -0.969. The molecule has 1 unspecified atom stereocenters. The van der Waals surface area contributed by atoms with Crippen molar-refractivity contribution in [1.82, 2.24) is 9.80 Å². The van der Waals surface area contributed by atoms with Crippen molar-refractivity contribution in [3.8, 4) is 0 Å². The molecule has 1 aromatic rings. The Morgan fingerprint density at radius 1 is 1.15 bits per heavy atom. The van der Waals surface area contributed by atoms with Crippen molar-refractivity contribution in [2.45, 2.75) is 18.9 Å². The number of nitrogens with two attached hydrogens (primary N) is 1. The topological polar surface area (TPSA) is 75.9 Å². The lowest BCUT2D eigenvalue weighted by atomic mass is 9.91. The lowest BCUT2D eigenvalue weighted by Crippen LogP contribution is -2.56. The van der Waals surface area contributed by atoms with Gasteiger partial charge in [0, 0.05) is 44.4 Å². The Balaban J connectivity index is 0.00000261. The highest BCUT2D eigenvalue weighted by atomic mass is 35.5. The maximum Gasteiger partial charge on any atom is 0.256 e. The lowest BCUT2D eigenvalue weighted by Gasteiger charge is -2.37. The molecule has 1 atom stereocenters. The Morgan fingerprint density at radius 2 is 1.74 bits per heavy atom. The molecule has 1 aromatic carbocycles. The second-order valence-corrected chi connectivity index (χ2v) is 7.15. The van der Waals surface area contributed by atoms with E-state index in [-0.39, 0.29) is 40.7 Å². The van der Waals surface area contributed by atoms with E-state index in [0.29, 0.717) is 39.4 Å². The van der Waals surface area contributed by atoms with E-state index >= 15 is 0 Å². The molecule has 2 fully saturated rings. The number of benzene rings is 1. The third-order valence-corrected chi connectivity index (χ3v) is 5.33. The molecule has 150 valence electrons. The molecular weight excluding hydrogens is 396 g/mol. The van der Waals surface area contributed by atoms with Crippen LogP contribution in [0.15, 0.2) is 18.2 Å². The third-order valence-electron chi connectivity index (χ3n) is 5.10. The standard InChI is InChI=1S/C18H23ClFN3O3.ClH/c19-13-1-2-14(15(20)11-13)17(24)22-5-7-23(8-6-22)18(25)16(21)12-3-9-26-10-4-12;/h1-2,11-12,16H,3-10,21H2;1H. The average molecular weight is 420 g/mol. The first kappa shape index (κ1) is 21.9. The Bertz CT molecular complexity index is 678. The minimum atomic E-state index is -0.637. The predicted molar refractivity (Wildman–Crippen MR) is 103 cm³/mol. The van der Waals surface area contributed by atoms with Gasteiger partial charge in [0.25, 0.3) is 5.91 Å². The van der Waals surface area contributed by atoms with Crippen molar-refractivity contribution in [2.75, 3.05) is 39.4 Å². The zero-order valence-corrected chi connectivity index (χ0v) is 16.5. The quantitative estimate of drug-likeness (QED) is 0.811. The smallest absolute Gasteiger partial charge is 0.256 e. The number of hydrogen-bond donors (Lipinski definition) is 1. The van der Waals surface area contributed by atoms with E-state index < -0.39 is 11.9 Å². The second-order valence-electron chi connectivity index (χ2n) is 6.72. The van der Waals surface area contributed by atoms with Gasteiger partial charge in [-0.25, -0.2) is 4.39 Å². The van der Waals surface area contributed by atoms with E-state index in [2.05, 4.69) is 0 Å². The molecule has 0 spiro atoms. The van der Waals surface area contributed by atoms with E-state index in [1.54, 1.807) is 9.80 Å². The Morgan fingerprint density at radius 3 is 2.33 bits per heavy atom. The van der Waals surface area contributed by atoms with Gasteiger partial charge in [-0.05, 0) is 37.0 Å². The number of halogens is 3. The van der Waals surface area contributed by atoms with Crippen molar-refractivity contribution >= 4 is 35.8 Å². The van der Waals surface area contributed by atoms with E-state index in [4.69, 9.17) is 22.1 Å². The first-order chi connectivity index (χ1) is 12.5. The highest BCUT2D eigenvalue weighted by molar-refractivity contribution is 6.30. The second kappa shape index (κ2) is 9.68. The van der Waals surface area contributed by atoms with Gasteiger partial charge in [0.15, 0.2) is 0 Å². The molecule has 2 heterocycles. The molecule has 0 aliphatic carbocycles. The third kappa shape index (κ3) is 5.10. The molecule has 2 aliphatic rings. The summed E-state index contributed by atoms with van der Waals surface area (Å²) in [7, 11) is 0. The van der Waals surface area contributed by atoms with Crippen molar-refractivity contribution in [3.05, 3.63) is 34.6 Å². The molecule has 6 nitrogen and oxygen atoms in total. The molecule has 2 aliphatic heterocycles. The monoisotopic (exact) mass is 419 g/mol. The van der Waals surface area contributed by atoms with Crippen LogP contribution in [0.25, 0.3) is 0 Å². The maximum absolute atomic E-state index is 13.9. The molecule has 3 rings (SSSR count). The summed E-state index contributed by atoms with van der Waals surface area (Å²) in [6, 6.07) is 3.47. The molecule has 0 aromatic heterocycles. The Hall–Kier alpha value is -1.41. The fraction of sp³-hybridized carbons (Fsp3) is 0.556. The number of ether oxygens (including phenoxy) is 1. The van der Waals surface area contributed by atoms with Crippen LogP contribution >= 0.6 is 24.0 Å². The van der Waals surface area contributed by atoms with Gasteiger partial charge in [-0.1, -0.05) is 11.6 Å². The zero-order chi connectivity index (χ0) is 18.7. The number of amides is 2. The van der Waals surface area contributed by atoms with Gasteiger partial charge < -0.3 is 20.3 Å². The lowest BCUT2D eigenvalue weighted by molar-refractivity contribution is -0.136. The number of hydrogen-bond acceptors (Lipinski definition) is 4. The first-order valence-electron chi connectivity index (χ1n) is 8.84. The number of rotatable bonds is 3. The fourth-order valence-corrected chi connectivity index (χ4v) is 3.61. The van der Waals surface area contributed by atoms with E-state index in [1.807, 2.05) is 0 Å². The number of carbonyl (C=O) groups is 2. The van der Waals surface area contributed by atoms with Crippen molar-refractivity contribution in [3.63, 3.8) is 0 Å². The summed E-state index contributed by atoms with van der Waals surface area (Å²) in [5.41, 5.74) is 6.15. The summed E-state index contributed by atoms with van der Waals surface area (Å²) < 4.78 is 19.3. The molecule has 27 heavy (non-hydrogen) atoms. The van der Waals surface area contributed by atoms with E-state index in [1.165, 1.54) is 12.1 Å². The largest absolute Gasteiger partial charge is 0.381 e. The Labute approximate surface area is 169 Å². The highest BCUT2D eigenvalue weighted by Crippen LogP contribution is 2.20. The molecule has 2 N–H and O–H groups in total. The first-order valence-corrected chi connectivity index (χ1v) is 9.21. The normalized spacial score (nSPS) is 19.4. The molecule has 0 saturated carbocycles.